The smallest absolute Gasteiger partial charge is 0.123 e. The van der Waals surface area contributed by atoms with Crippen LogP contribution < -0.4 is 5.73 Å². The zero-order valence-electron chi connectivity index (χ0n) is 7.76. The summed E-state index contributed by atoms with van der Waals surface area (Å²) in [5.41, 5.74) is 5.76. The second-order valence-electron chi connectivity index (χ2n) is 3.55. The zero-order valence-corrected chi connectivity index (χ0v) is 7.76. The number of rotatable bonds is 2. The van der Waals surface area contributed by atoms with E-state index in [0.29, 0.717) is 0 Å². The molecular formula is C10H13FN2. The fraction of sp³-hybridized carbons (Fsp3) is 0.300. The minimum Gasteiger partial charge on any atom is -0.387 e. The third kappa shape index (κ3) is 1.86. The molecule has 0 radical (unpaired) electrons. The van der Waals surface area contributed by atoms with Gasteiger partial charge in [-0.05, 0) is 31.5 Å². The van der Waals surface area contributed by atoms with Crippen molar-refractivity contribution < 1.29 is 4.39 Å². The first-order valence-electron chi connectivity index (χ1n) is 4.05. The summed E-state index contributed by atoms with van der Waals surface area (Å²) < 4.78 is 12.6. The summed E-state index contributed by atoms with van der Waals surface area (Å²) >= 11 is 0. The Labute approximate surface area is 77.1 Å². The van der Waals surface area contributed by atoms with Crippen molar-refractivity contribution in [2.45, 2.75) is 19.3 Å². The largest absolute Gasteiger partial charge is 0.387 e. The molecule has 0 bridgehead atoms. The first kappa shape index (κ1) is 9.71. The zero-order chi connectivity index (χ0) is 10.1. The Kier molecular flexibility index (Phi) is 2.36. The Morgan fingerprint density at radius 2 is 1.77 bits per heavy atom. The van der Waals surface area contributed by atoms with Gasteiger partial charge < -0.3 is 5.73 Å². The maximum Gasteiger partial charge on any atom is 0.123 e. The Morgan fingerprint density at radius 3 is 2.15 bits per heavy atom. The first-order chi connectivity index (χ1) is 5.94. The number of hydrogen-bond acceptors (Lipinski definition) is 1. The van der Waals surface area contributed by atoms with Gasteiger partial charge in [-0.25, -0.2) is 4.39 Å². The van der Waals surface area contributed by atoms with Crippen LogP contribution in [0.5, 0.6) is 0 Å². The van der Waals surface area contributed by atoms with E-state index < -0.39 is 5.41 Å². The molecule has 0 unspecified atom stereocenters. The molecule has 0 saturated heterocycles. The topological polar surface area (TPSA) is 49.9 Å². The molecular weight excluding hydrogens is 167 g/mol. The predicted octanol–water partition coefficient (Wildman–Crippen LogP) is 2.04. The lowest BCUT2D eigenvalue weighted by Gasteiger charge is -2.23. The molecule has 13 heavy (non-hydrogen) atoms. The van der Waals surface area contributed by atoms with Crippen molar-refractivity contribution in [3.8, 4) is 0 Å². The highest BCUT2D eigenvalue weighted by molar-refractivity contribution is 5.88. The molecule has 0 amide bonds. The first-order valence-corrected chi connectivity index (χ1v) is 4.05. The van der Waals surface area contributed by atoms with Gasteiger partial charge in [0.1, 0.15) is 11.7 Å². The number of halogens is 1. The van der Waals surface area contributed by atoms with Crippen LogP contribution in [0.4, 0.5) is 4.39 Å². The summed E-state index contributed by atoms with van der Waals surface area (Å²) in [6.07, 6.45) is 0. The molecule has 0 heterocycles. The SMILES string of the molecule is CC(C)(C(=N)N)c1ccc(F)cc1. The van der Waals surface area contributed by atoms with Gasteiger partial charge in [0, 0.05) is 5.41 Å². The van der Waals surface area contributed by atoms with Crippen molar-refractivity contribution in [2.75, 3.05) is 0 Å². The number of amidine groups is 1. The van der Waals surface area contributed by atoms with Crippen molar-refractivity contribution in [3.05, 3.63) is 35.6 Å². The van der Waals surface area contributed by atoms with Crippen molar-refractivity contribution in [1.82, 2.24) is 0 Å². The quantitative estimate of drug-likeness (QED) is 0.531. The second-order valence-corrected chi connectivity index (χ2v) is 3.55. The van der Waals surface area contributed by atoms with Crippen molar-refractivity contribution >= 4 is 5.84 Å². The van der Waals surface area contributed by atoms with E-state index in [2.05, 4.69) is 0 Å². The Balaban J connectivity index is 3.08. The Bertz CT molecular complexity index is 314. The summed E-state index contributed by atoms with van der Waals surface area (Å²) in [4.78, 5) is 0. The van der Waals surface area contributed by atoms with E-state index in [0.717, 1.165) is 5.56 Å². The molecule has 3 N–H and O–H groups in total. The van der Waals surface area contributed by atoms with Crippen molar-refractivity contribution in [3.63, 3.8) is 0 Å². The van der Waals surface area contributed by atoms with Gasteiger partial charge in [-0.3, -0.25) is 5.41 Å². The van der Waals surface area contributed by atoms with Crippen LogP contribution in [0.15, 0.2) is 24.3 Å². The average Bonchev–Trinajstić information content (AvgIpc) is 2.04. The van der Waals surface area contributed by atoms with E-state index in [-0.39, 0.29) is 11.7 Å². The van der Waals surface area contributed by atoms with Crippen molar-refractivity contribution in [2.24, 2.45) is 5.73 Å². The lowest BCUT2D eigenvalue weighted by molar-refractivity contribution is 0.623. The van der Waals surface area contributed by atoms with Gasteiger partial charge in [0.25, 0.3) is 0 Å². The molecule has 3 heteroatoms. The Morgan fingerprint density at radius 1 is 1.31 bits per heavy atom. The third-order valence-corrected chi connectivity index (χ3v) is 2.24. The molecule has 0 aliphatic carbocycles. The van der Waals surface area contributed by atoms with Gasteiger partial charge in [-0.1, -0.05) is 12.1 Å². The van der Waals surface area contributed by atoms with Gasteiger partial charge >= 0.3 is 0 Å². The number of hydrogen-bond donors (Lipinski definition) is 2. The van der Waals surface area contributed by atoms with Crippen LogP contribution in [0.3, 0.4) is 0 Å². The van der Waals surface area contributed by atoms with Crippen LogP contribution in [0.1, 0.15) is 19.4 Å². The standard InChI is InChI=1S/C10H13FN2/c1-10(2,9(12)13)7-3-5-8(11)6-4-7/h3-6H,1-2H3,(H3,12,13). The van der Waals surface area contributed by atoms with Crippen LogP contribution >= 0.6 is 0 Å². The van der Waals surface area contributed by atoms with Crippen LogP contribution in [0.2, 0.25) is 0 Å². The van der Waals surface area contributed by atoms with E-state index >= 15 is 0 Å². The number of nitrogens with two attached hydrogens (primary N) is 1. The van der Waals surface area contributed by atoms with Gasteiger partial charge in [-0.2, -0.15) is 0 Å². The highest BCUT2D eigenvalue weighted by Crippen LogP contribution is 2.22. The Hall–Kier alpha value is -1.38. The predicted molar refractivity (Wildman–Crippen MR) is 51.3 cm³/mol. The third-order valence-electron chi connectivity index (χ3n) is 2.24. The van der Waals surface area contributed by atoms with E-state index in [9.17, 15) is 4.39 Å². The minimum absolute atomic E-state index is 0.0825. The van der Waals surface area contributed by atoms with Gasteiger partial charge in [0.2, 0.25) is 0 Å². The van der Waals surface area contributed by atoms with Crippen LogP contribution in [0, 0.1) is 11.2 Å². The molecule has 70 valence electrons. The molecule has 1 aromatic rings. The monoisotopic (exact) mass is 180 g/mol. The fourth-order valence-corrected chi connectivity index (χ4v) is 1.02. The highest BCUT2D eigenvalue weighted by Gasteiger charge is 2.23. The lowest BCUT2D eigenvalue weighted by Crippen LogP contribution is -2.34. The number of nitrogens with one attached hydrogen (secondary N) is 1. The van der Waals surface area contributed by atoms with Gasteiger partial charge in [-0.15, -0.1) is 0 Å². The maximum atomic E-state index is 12.6. The van der Waals surface area contributed by atoms with Crippen LogP contribution in [-0.2, 0) is 5.41 Å². The molecule has 0 spiro atoms. The minimum atomic E-state index is -0.520. The normalized spacial score (nSPS) is 11.3. The van der Waals surface area contributed by atoms with E-state index in [4.69, 9.17) is 11.1 Å². The summed E-state index contributed by atoms with van der Waals surface area (Å²) in [6, 6.07) is 6.05. The summed E-state index contributed by atoms with van der Waals surface area (Å²) in [6.45, 7) is 3.67. The van der Waals surface area contributed by atoms with Crippen LogP contribution in [-0.4, -0.2) is 5.84 Å². The van der Waals surface area contributed by atoms with Crippen LogP contribution in [0.25, 0.3) is 0 Å². The molecule has 1 aromatic carbocycles. The molecule has 0 aromatic heterocycles. The summed E-state index contributed by atoms with van der Waals surface area (Å²) in [5, 5.41) is 7.37. The lowest BCUT2D eigenvalue weighted by atomic mass is 9.84. The fourth-order valence-electron chi connectivity index (χ4n) is 1.02. The molecule has 0 aliphatic heterocycles. The summed E-state index contributed by atoms with van der Waals surface area (Å²) in [7, 11) is 0. The van der Waals surface area contributed by atoms with E-state index in [1.54, 1.807) is 12.1 Å². The molecule has 0 aliphatic rings. The van der Waals surface area contributed by atoms with Gasteiger partial charge in [0.15, 0.2) is 0 Å². The molecule has 0 saturated carbocycles. The summed E-state index contributed by atoms with van der Waals surface area (Å²) in [5.74, 6) is -0.192. The molecule has 2 nitrogen and oxygen atoms in total. The average molecular weight is 180 g/mol. The van der Waals surface area contributed by atoms with E-state index in [1.807, 2.05) is 13.8 Å². The maximum absolute atomic E-state index is 12.6. The highest BCUT2D eigenvalue weighted by atomic mass is 19.1. The molecule has 0 atom stereocenters. The van der Waals surface area contributed by atoms with E-state index in [1.165, 1.54) is 12.1 Å². The second kappa shape index (κ2) is 3.17. The van der Waals surface area contributed by atoms with Crippen molar-refractivity contribution in [1.29, 1.82) is 5.41 Å². The molecule has 0 fully saturated rings. The number of benzene rings is 1. The molecule has 1 rings (SSSR count). The van der Waals surface area contributed by atoms with Gasteiger partial charge in [0.05, 0.1) is 0 Å².